The summed E-state index contributed by atoms with van der Waals surface area (Å²) < 4.78 is 30.5. The molecular weight excluding hydrogens is 378 g/mol. The molecule has 0 aliphatic carbocycles. The van der Waals surface area contributed by atoms with Crippen LogP contribution in [-0.4, -0.2) is 22.3 Å². The molecule has 0 fully saturated rings. The van der Waals surface area contributed by atoms with Crippen LogP contribution in [0.5, 0.6) is 5.75 Å². The Morgan fingerprint density at radius 1 is 1.44 bits per heavy atom. The molecule has 1 aromatic heterocycles. The van der Waals surface area contributed by atoms with Crippen LogP contribution in [0.3, 0.4) is 0 Å². The highest BCUT2D eigenvalue weighted by Gasteiger charge is 2.14. The Kier molecular flexibility index (Phi) is 7.13. The molecule has 0 aliphatic heterocycles. The van der Waals surface area contributed by atoms with Crippen LogP contribution in [0.15, 0.2) is 18.2 Å². The van der Waals surface area contributed by atoms with Crippen molar-refractivity contribution in [2.75, 3.05) is 5.32 Å². The highest BCUT2D eigenvalue weighted by atomic mass is 35.5. The number of benzene rings is 1. The van der Waals surface area contributed by atoms with Gasteiger partial charge >= 0.3 is 6.61 Å². The smallest absolute Gasteiger partial charge is 0.387 e. The van der Waals surface area contributed by atoms with Gasteiger partial charge in [-0.1, -0.05) is 11.6 Å². The third kappa shape index (κ3) is 5.66. The average Bonchev–Trinajstić information content (AvgIpc) is 2.87. The molecule has 1 aromatic carbocycles. The lowest BCUT2D eigenvalue weighted by Gasteiger charge is -2.10. The number of anilines is 1. The van der Waals surface area contributed by atoms with Gasteiger partial charge in [-0.3, -0.25) is 9.48 Å². The van der Waals surface area contributed by atoms with Crippen molar-refractivity contribution in [1.82, 2.24) is 9.78 Å². The third-order valence-electron chi connectivity index (χ3n) is 4.00. The normalized spacial score (nSPS) is 10.7. The van der Waals surface area contributed by atoms with E-state index in [0.29, 0.717) is 25.1 Å². The molecule has 2 aromatic rings. The van der Waals surface area contributed by atoms with Crippen molar-refractivity contribution >= 4 is 23.2 Å². The van der Waals surface area contributed by atoms with E-state index in [9.17, 15) is 13.6 Å². The number of carbonyl (C=O) groups excluding carboxylic acids is 1. The summed E-state index contributed by atoms with van der Waals surface area (Å²) in [5.41, 5.74) is 3.13. The van der Waals surface area contributed by atoms with Crippen LogP contribution in [0.25, 0.3) is 0 Å². The molecule has 1 heterocycles. The van der Waals surface area contributed by atoms with Crippen molar-refractivity contribution in [1.29, 1.82) is 5.26 Å². The lowest BCUT2D eigenvalue weighted by atomic mass is 10.1. The number of alkyl halides is 2. The fraction of sp³-hybridized carbons (Fsp3) is 0.389. The summed E-state index contributed by atoms with van der Waals surface area (Å²) in [7, 11) is 0. The van der Waals surface area contributed by atoms with Gasteiger partial charge in [0.2, 0.25) is 5.91 Å². The maximum atomic E-state index is 12.2. The van der Waals surface area contributed by atoms with Gasteiger partial charge in [0, 0.05) is 17.8 Å². The Morgan fingerprint density at radius 2 is 2.19 bits per heavy atom. The number of ether oxygens (including phenoxy) is 1. The molecule has 1 amide bonds. The van der Waals surface area contributed by atoms with Gasteiger partial charge in [-0.05, 0) is 44.0 Å². The molecule has 0 atom stereocenters. The molecule has 0 spiro atoms. The van der Waals surface area contributed by atoms with Crippen LogP contribution in [0.1, 0.15) is 29.8 Å². The van der Waals surface area contributed by atoms with Crippen molar-refractivity contribution < 1.29 is 18.3 Å². The van der Waals surface area contributed by atoms with Crippen molar-refractivity contribution in [3.8, 4) is 11.8 Å². The van der Waals surface area contributed by atoms with Gasteiger partial charge in [-0.15, -0.1) is 0 Å². The van der Waals surface area contributed by atoms with Gasteiger partial charge in [-0.2, -0.15) is 19.1 Å². The second-order valence-electron chi connectivity index (χ2n) is 5.85. The number of halogens is 3. The molecular formula is C18H19ClF2N4O2. The number of aryl methyl sites for hydroxylation is 2. The van der Waals surface area contributed by atoms with E-state index >= 15 is 0 Å². The fourth-order valence-corrected chi connectivity index (χ4v) is 2.93. The Bertz CT molecular complexity index is 862. The first-order chi connectivity index (χ1) is 12.8. The highest BCUT2D eigenvalue weighted by molar-refractivity contribution is 6.32. The monoisotopic (exact) mass is 396 g/mol. The third-order valence-corrected chi connectivity index (χ3v) is 4.30. The summed E-state index contributed by atoms with van der Waals surface area (Å²) in [5.74, 6) is -0.391. The van der Waals surface area contributed by atoms with Crippen LogP contribution >= 0.6 is 11.6 Å². The molecule has 144 valence electrons. The molecule has 0 aliphatic rings. The number of rotatable bonds is 8. The first-order valence-corrected chi connectivity index (χ1v) is 8.63. The Hall–Kier alpha value is -2.66. The van der Waals surface area contributed by atoms with Crippen molar-refractivity contribution in [3.63, 3.8) is 0 Å². The van der Waals surface area contributed by atoms with Crippen LogP contribution in [0.2, 0.25) is 5.02 Å². The number of nitrogens with zero attached hydrogens (tertiary/aromatic N) is 3. The predicted molar refractivity (Wildman–Crippen MR) is 97.0 cm³/mol. The summed E-state index contributed by atoms with van der Waals surface area (Å²) >= 11 is 5.87. The Morgan fingerprint density at radius 3 is 2.81 bits per heavy atom. The second-order valence-corrected chi connectivity index (χ2v) is 6.26. The number of amides is 1. The lowest BCUT2D eigenvalue weighted by molar-refractivity contribution is -0.116. The molecule has 2 rings (SSSR count). The summed E-state index contributed by atoms with van der Waals surface area (Å²) in [6.07, 6.45) is 1.09. The van der Waals surface area contributed by atoms with Crippen LogP contribution in [-0.2, 0) is 17.8 Å². The first kappa shape index (κ1) is 20.6. The topological polar surface area (TPSA) is 79.9 Å². The van der Waals surface area contributed by atoms with E-state index in [1.807, 2.05) is 13.8 Å². The number of carbonyl (C=O) groups is 1. The van der Waals surface area contributed by atoms with Gasteiger partial charge in [0.25, 0.3) is 0 Å². The number of hydrogen-bond donors (Lipinski definition) is 1. The fourth-order valence-electron chi connectivity index (χ4n) is 2.70. The quantitative estimate of drug-likeness (QED) is 0.723. The Labute approximate surface area is 160 Å². The van der Waals surface area contributed by atoms with E-state index in [1.54, 1.807) is 4.68 Å². The second kappa shape index (κ2) is 9.33. The van der Waals surface area contributed by atoms with Gasteiger partial charge in [0.05, 0.1) is 29.8 Å². The SMILES string of the molecule is Cc1nn(CCC#N)c(C)c1CCC(=O)Nc1ccc(OC(F)F)c(Cl)c1. The Balaban J connectivity index is 1.96. The van der Waals surface area contributed by atoms with E-state index in [1.165, 1.54) is 18.2 Å². The van der Waals surface area contributed by atoms with Crippen LogP contribution in [0, 0.1) is 25.2 Å². The molecule has 27 heavy (non-hydrogen) atoms. The maximum Gasteiger partial charge on any atom is 0.387 e. The largest absolute Gasteiger partial charge is 0.433 e. The molecule has 0 unspecified atom stereocenters. The number of aromatic nitrogens is 2. The number of hydrogen-bond acceptors (Lipinski definition) is 4. The summed E-state index contributed by atoms with van der Waals surface area (Å²) in [6.45, 7) is 1.32. The zero-order valence-electron chi connectivity index (χ0n) is 14.9. The summed E-state index contributed by atoms with van der Waals surface area (Å²) in [5, 5.41) is 15.7. The van der Waals surface area contributed by atoms with Gasteiger partial charge in [0.15, 0.2) is 0 Å². The molecule has 6 nitrogen and oxygen atoms in total. The summed E-state index contributed by atoms with van der Waals surface area (Å²) in [6, 6.07) is 6.15. The lowest BCUT2D eigenvalue weighted by Crippen LogP contribution is -2.13. The zero-order chi connectivity index (χ0) is 20.0. The minimum atomic E-state index is -2.97. The van der Waals surface area contributed by atoms with Crippen molar-refractivity contribution in [3.05, 3.63) is 40.2 Å². The zero-order valence-corrected chi connectivity index (χ0v) is 15.7. The number of nitriles is 1. The predicted octanol–water partition coefficient (Wildman–Crippen LogP) is 4.24. The van der Waals surface area contributed by atoms with Crippen LogP contribution in [0.4, 0.5) is 14.5 Å². The molecule has 0 bridgehead atoms. The minimum Gasteiger partial charge on any atom is -0.433 e. The standard InChI is InChI=1S/C18H19ClF2N4O2/c1-11-14(12(2)25(24-11)9-3-8-22)5-7-17(26)23-13-4-6-16(15(19)10-13)27-18(20)21/h4,6,10,18H,3,5,7,9H2,1-2H3,(H,23,26). The van der Waals surface area contributed by atoms with E-state index in [2.05, 4.69) is 21.2 Å². The van der Waals surface area contributed by atoms with E-state index in [4.69, 9.17) is 16.9 Å². The van der Waals surface area contributed by atoms with Crippen molar-refractivity contribution in [2.24, 2.45) is 0 Å². The van der Waals surface area contributed by atoms with Crippen molar-refractivity contribution in [2.45, 2.75) is 46.3 Å². The molecule has 9 heteroatoms. The molecule has 0 saturated heterocycles. The van der Waals surface area contributed by atoms with E-state index in [-0.39, 0.29) is 23.1 Å². The first-order valence-electron chi connectivity index (χ1n) is 8.26. The molecule has 0 radical (unpaired) electrons. The number of nitrogens with one attached hydrogen (secondary N) is 1. The van der Waals surface area contributed by atoms with E-state index < -0.39 is 6.61 Å². The van der Waals surface area contributed by atoms with Crippen LogP contribution < -0.4 is 10.1 Å². The highest BCUT2D eigenvalue weighted by Crippen LogP contribution is 2.29. The van der Waals surface area contributed by atoms with E-state index in [0.717, 1.165) is 17.0 Å². The molecule has 1 N–H and O–H groups in total. The average molecular weight is 397 g/mol. The maximum absolute atomic E-state index is 12.2. The van der Waals surface area contributed by atoms with Gasteiger partial charge in [-0.25, -0.2) is 0 Å². The van der Waals surface area contributed by atoms with Gasteiger partial charge in [0.1, 0.15) is 5.75 Å². The molecule has 0 saturated carbocycles. The van der Waals surface area contributed by atoms with Gasteiger partial charge < -0.3 is 10.1 Å². The minimum absolute atomic E-state index is 0.0152. The summed E-state index contributed by atoms with van der Waals surface area (Å²) in [4.78, 5) is 12.2.